The molecule has 0 bridgehead atoms. The number of hydrogen-bond acceptors (Lipinski definition) is 5. The summed E-state index contributed by atoms with van der Waals surface area (Å²) in [5.74, 6) is 0.0823. The molecule has 1 saturated heterocycles. The molecule has 0 spiro atoms. The first-order valence-corrected chi connectivity index (χ1v) is 6.70. The van der Waals surface area contributed by atoms with E-state index in [2.05, 4.69) is 16.6 Å². The number of nitrogens with one attached hydrogen (secondary N) is 1. The SMILES string of the molecule is CC(=O)c1c(C)nsc1NC1CCOC(C)C1. The number of Topliss-reactive ketones (excluding diaryl/α,β-unsaturated/α-hetero) is 1. The fraction of sp³-hybridized carbons (Fsp3) is 0.667. The van der Waals surface area contributed by atoms with Crippen molar-refractivity contribution >= 4 is 22.3 Å². The van der Waals surface area contributed by atoms with Gasteiger partial charge in [-0.25, -0.2) is 0 Å². The molecule has 1 fully saturated rings. The molecule has 2 rings (SSSR count). The Morgan fingerprint density at radius 1 is 1.59 bits per heavy atom. The molecule has 4 nitrogen and oxygen atoms in total. The molecule has 1 aromatic rings. The van der Waals surface area contributed by atoms with E-state index in [1.54, 1.807) is 6.92 Å². The van der Waals surface area contributed by atoms with Crippen molar-refractivity contribution in [3.8, 4) is 0 Å². The van der Waals surface area contributed by atoms with Gasteiger partial charge in [0.15, 0.2) is 5.78 Å². The molecule has 2 atom stereocenters. The van der Waals surface area contributed by atoms with Crippen LogP contribution in [0.4, 0.5) is 5.00 Å². The summed E-state index contributed by atoms with van der Waals surface area (Å²) < 4.78 is 9.76. The van der Waals surface area contributed by atoms with E-state index in [0.717, 1.165) is 35.7 Å². The van der Waals surface area contributed by atoms with Gasteiger partial charge in [0.1, 0.15) is 5.00 Å². The molecule has 0 radical (unpaired) electrons. The molecule has 17 heavy (non-hydrogen) atoms. The molecule has 1 aliphatic heterocycles. The molecular weight excluding hydrogens is 236 g/mol. The van der Waals surface area contributed by atoms with E-state index in [1.807, 2.05) is 6.92 Å². The maximum Gasteiger partial charge on any atom is 0.164 e. The van der Waals surface area contributed by atoms with Gasteiger partial charge in [0.25, 0.3) is 0 Å². The first-order valence-electron chi connectivity index (χ1n) is 5.93. The van der Waals surface area contributed by atoms with E-state index in [4.69, 9.17) is 4.74 Å². The topological polar surface area (TPSA) is 51.2 Å². The van der Waals surface area contributed by atoms with Crippen molar-refractivity contribution in [1.82, 2.24) is 4.37 Å². The van der Waals surface area contributed by atoms with Gasteiger partial charge in [-0.1, -0.05) is 0 Å². The van der Waals surface area contributed by atoms with Crippen LogP contribution in [0.25, 0.3) is 0 Å². The van der Waals surface area contributed by atoms with Crippen LogP contribution in [0, 0.1) is 6.92 Å². The fourth-order valence-corrected chi connectivity index (χ4v) is 3.12. The Labute approximate surface area is 106 Å². The van der Waals surface area contributed by atoms with E-state index in [9.17, 15) is 4.79 Å². The summed E-state index contributed by atoms with van der Waals surface area (Å²) in [7, 11) is 0. The molecule has 1 aliphatic rings. The van der Waals surface area contributed by atoms with Crippen LogP contribution in [0.5, 0.6) is 0 Å². The Hall–Kier alpha value is -0.940. The summed E-state index contributed by atoms with van der Waals surface area (Å²) in [4.78, 5) is 11.6. The molecule has 5 heteroatoms. The number of aryl methyl sites for hydroxylation is 1. The van der Waals surface area contributed by atoms with E-state index < -0.39 is 0 Å². The number of hydrogen-bond donors (Lipinski definition) is 1. The highest BCUT2D eigenvalue weighted by Gasteiger charge is 2.22. The first-order chi connectivity index (χ1) is 8.08. The number of ether oxygens (including phenoxy) is 1. The van der Waals surface area contributed by atoms with Crippen LogP contribution >= 0.6 is 11.5 Å². The third-order valence-corrected chi connectivity index (χ3v) is 3.90. The number of carbonyl (C=O) groups excluding carboxylic acids is 1. The van der Waals surface area contributed by atoms with Crippen LogP contribution in [-0.2, 0) is 4.74 Å². The van der Waals surface area contributed by atoms with E-state index in [1.165, 1.54) is 11.5 Å². The zero-order valence-electron chi connectivity index (χ0n) is 10.4. The van der Waals surface area contributed by atoms with E-state index in [0.29, 0.717) is 6.04 Å². The number of anilines is 1. The van der Waals surface area contributed by atoms with Crippen molar-refractivity contribution in [2.24, 2.45) is 0 Å². The summed E-state index contributed by atoms with van der Waals surface area (Å²) >= 11 is 1.38. The van der Waals surface area contributed by atoms with Crippen LogP contribution in [0.3, 0.4) is 0 Å². The monoisotopic (exact) mass is 254 g/mol. The highest BCUT2D eigenvalue weighted by molar-refractivity contribution is 7.10. The number of nitrogens with zero attached hydrogens (tertiary/aromatic N) is 1. The summed E-state index contributed by atoms with van der Waals surface area (Å²) in [5, 5.41) is 4.35. The largest absolute Gasteiger partial charge is 0.378 e. The molecule has 0 aromatic carbocycles. The summed E-state index contributed by atoms with van der Waals surface area (Å²) in [6, 6.07) is 0.386. The van der Waals surface area contributed by atoms with E-state index >= 15 is 0 Å². The smallest absolute Gasteiger partial charge is 0.164 e. The second-order valence-corrected chi connectivity index (χ2v) is 5.35. The van der Waals surface area contributed by atoms with Gasteiger partial charge in [0, 0.05) is 12.6 Å². The molecule has 94 valence electrons. The number of carbonyl (C=O) groups is 1. The highest BCUT2D eigenvalue weighted by Crippen LogP contribution is 2.28. The zero-order valence-corrected chi connectivity index (χ0v) is 11.3. The maximum atomic E-state index is 11.6. The van der Waals surface area contributed by atoms with Gasteiger partial charge in [-0.05, 0) is 45.1 Å². The molecule has 0 amide bonds. The van der Waals surface area contributed by atoms with Crippen LogP contribution < -0.4 is 5.32 Å². The molecule has 1 N–H and O–H groups in total. The molecule has 2 heterocycles. The standard InChI is InChI=1S/C12H18N2O2S/c1-7-6-10(4-5-16-7)13-12-11(9(3)15)8(2)14-17-12/h7,10,13H,4-6H2,1-3H3. The van der Waals surface area contributed by atoms with Crippen molar-refractivity contribution in [1.29, 1.82) is 0 Å². The average molecular weight is 254 g/mol. The fourth-order valence-electron chi connectivity index (χ4n) is 2.20. The van der Waals surface area contributed by atoms with Gasteiger partial charge >= 0.3 is 0 Å². The lowest BCUT2D eigenvalue weighted by atomic mass is 10.0. The van der Waals surface area contributed by atoms with Gasteiger partial charge in [-0.15, -0.1) is 0 Å². The molecule has 2 unspecified atom stereocenters. The third-order valence-electron chi connectivity index (χ3n) is 3.04. The van der Waals surface area contributed by atoms with Crippen molar-refractivity contribution < 1.29 is 9.53 Å². The average Bonchev–Trinajstić information content (AvgIpc) is 2.59. The molecule has 1 aromatic heterocycles. The summed E-state index contributed by atoms with van der Waals surface area (Å²) in [6.07, 6.45) is 2.25. The second-order valence-electron chi connectivity index (χ2n) is 4.58. The van der Waals surface area contributed by atoms with Crippen molar-refractivity contribution in [2.45, 2.75) is 45.8 Å². The molecule has 0 saturated carbocycles. The summed E-state index contributed by atoms with van der Waals surface area (Å²) in [6.45, 7) is 6.34. The van der Waals surface area contributed by atoms with Crippen LogP contribution in [-0.4, -0.2) is 28.9 Å². The van der Waals surface area contributed by atoms with Crippen molar-refractivity contribution in [3.63, 3.8) is 0 Å². The minimum absolute atomic E-state index is 0.0823. The maximum absolute atomic E-state index is 11.6. The Bertz CT molecular complexity index is 417. The lowest BCUT2D eigenvalue weighted by Crippen LogP contribution is -2.32. The molecule has 0 aliphatic carbocycles. The number of aromatic nitrogens is 1. The summed E-state index contributed by atoms with van der Waals surface area (Å²) in [5.41, 5.74) is 1.57. The minimum Gasteiger partial charge on any atom is -0.378 e. The minimum atomic E-state index is 0.0823. The van der Waals surface area contributed by atoms with Crippen molar-refractivity contribution in [3.05, 3.63) is 11.3 Å². The third kappa shape index (κ3) is 2.84. The number of rotatable bonds is 3. The second kappa shape index (κ2) is 5.14. The number of ketones is 1. The Morgan fingerprint density at radius 3 is 3.00 bits per heavy atom. The van der Waals surface area contributed by atoms with Crippen LogP contribution in [0.15, 0.2) is 0 Å². The van der Waals surface area contributed by atoms with E-state index in [-0.39, 0.29) is 11.9 Å². The van der Waals surface area contributed by atoms with Gasteiger partial charge in [-0.2, -0.15) is 4.37 Å². The lowest BCUT2D eigenvalue weighted by Gasteiger charge is -2.28. The first kappa shape index (κ1) is 12.5. The van der Waals surface area contributed by atoms with Crippen LogP contribution in [0.1, 0.15) is 42.7 Å². The Morgan fingerprint density at radius 2 is 2.35 bits per heavy atom. The zero-order chi connectivity index (χ0) is 12.4. The highest BCUT2D eigenvalue weighted by atomic mass is 32.1. The van der Waals surface area contributed by atoms with Gasteiger partial charge in [0.05, 0.1) is 17.4 Å². The van der Waals surface area contributed by atoms with Crippen LogP contribution in [0.2, 0.25) is 0 Å². The van der Waals surface area contributed by atoms with Gasteiger partial charge in [0.2, 0.25) is 0 Å². The predicted molar refractivity (Wildman–Crippen MR) is 68.9 cm³/mol. The normalized spacial score (nSPS) is 24.6. The predicted octanol–water partition coefficient (Wildman–Crippen LogP) is 2.63. The molecular formula is C12H18N2O2S. The van der Waals surface area contributed by atoms with Crippen molar-refractivity contribution in [2.75, 3.05) is 11.9 Å². The quantitative estimate of drug-likeness (QED) is 0.842. The Kier molecular flexibility index (Phi) is 3.79. The lowest BCUT2D eigenvalue weighted by molar-refractivity contribution is 0.0233. The van der Waals surface area contributed by atoms with Gasteiger partial charge < -0.3 is 10.1 Å². The Balaban J connectivity index is 2.10. The van der Waals surface area contributed by atoms with Gasteiger partial charge in [-0.3, -0.25) is 4.79 Å².